The monoisotopic (exact) mass is 278 g/mol. The second-order valence-electron chi connectivity index (χ2n) is 3.87. The molecule has 2 rings (SSSR count). The number of aromatic amines is 1. The molecule has 2 heterocycles. The molecule has 1 aliphatic rings. The molecule has 2 unspecified atom stereocenters. The maximum Gasteiger partial charge on any atom is 0.328 e. The largest absolute Gasteiger partial charge is 0.394 e. The minimum atomic E-state index is -1.45. The third-order valence-electron chi connectivity index (χ3n) is 2.72. The van der Waals surface area contributed by atoms with Gasteiger partial charge in [-0.25, -0.2) is 9.18 Å². The number of ether oxygens (including phenoxy) is 1. The lowest BCUT2D eigenvalue weighted by molar-refractivity contribution is -0.0554. The molecule has 1 aromatic heterocycles. The Bertz CT molecular complexity index is 559. The predicted molar refractivity (Wildman–Crippen MR) is 58.9 cm³/mol. The summed E-state index contributed by atoms with van der Waals surface area (Å²) in [6.07, 6.45) is -4.36. The molecule has 1 aromatic rings. The van der Waals surface area contributed by atoms with E-state index >= 15 is 0 Å². The third-order valence-corrected chi connectivity index (χ3v) is 3.01. The van der Waals surface area contributed by atoms with Gasteiger partial charge in [0.25, 0.3) is 0 Å². The van der Waals surface area contributed by atoms with Crippen molar-refractivity contribution in [2.24, 2.45) is 0 Å². The highest BCUT2D eigenvalue weighted by Gasteiger charge is 2.43. The van der Waals surface area contributed by atoms with E-state index in [9.17, 15) is 19.4 Å². The van der Waals surface area contributed by atoms with Crippen LogP contribution in [0.2, 0.25) is 0 Å². The lowest BCUT2D eigenvalue weighted by atomic mass is 10.1. The first-order chi connectivity index (χ1) is 8.45. The number of rotatable bonds is 2. The summed E-state index contributed by atoms with van der Waals surface area (Å²) in [4.78, 5) is 13.6. The molecule has 4 N–H and O–H groups in total. The fourth-order valence-electron chi connectivity index (χ4n) is 1.76. The summed E-state index contributed by atoms with van der Waals surface area (Å²) in [5.74, 6) is -0.859. The zero-order chi connectivity index (χ0) is 13.4. The first kappa shape index (κ1) is 13.3. The maximum absolute atomic E-state index is 13.3. The first-order valence-electron chi connectivity index (χ1n) is 5.09. The van der Waals surface area contributed by atoms with Crippen LogP contribution in [0.5, 0.6) is 0 Å². The van der Waals surface area contributed by atoms with E-state index in [1.165, 1.54) is 0 Å². The highest BCUT2D eigenvalue weighted by atomic mass is 32.1. The van der Waals surface area contributed by atoms with Crippen LogP contribution in [0.1, 0.15) is 6.23 Å². The number of aromatic nitrogens is 2. The average Bonchev–Trinajstić information content (AvgIpc) is 2.61. The number of H-pyrrole nitrogens is 1. The highest BCUT2D eigenvalue weighted by Crippen LogP contribution is 2.28. The maximum atomic E-state index is 13.3. The van der Waals surface area contributed by atoms with Crippen molar-refractivity contribution >= 4 is 12.2 Å². The van der Waals surface area contributed by atoms with Gasteiger partial charge in [-0.3, -0.25) is 9.55 Å². The van der Waals surface area contributed by atoms with Crippen LogP contribution in [0.4, 0.5) is 4.39 Å². The molecule has 0 spiro atoms. The third kappa shape index (κ3) is 2.10. The minimum Gasteiger partial charge on any atom is -0.394 e. The summed E-state index contributed by atoms with van der Waals surface area (Å²) >= 11 is 4.54. The van der Waals surface area contributed by atoms with Gasteiger partial charge in [0.1, 0.15) is 23.0 Å². The summed E-state index contributed by atoms with van der Waals surface area (Å²) in [6.45, 7) is -0.533. The summed E-state index contributed by atoms with van der Waals surface area (Å²) in [7, 11) is 0. The van der Waals surface area contributed by atoms with Crippen LogP contribution in [-0.2, 0) is 4.74 Å². The van der Waals surface area contributed by atoms with Crippen LogP contribution in [0, 0.1) is 10.5 Å². The van der Waals surface area contributed by atoms with E-state index in [1.54, 1.807) is 0 Å². The van der Waals surface area contributed by atoms with Gasteiger partial charge in [0.05, 0.1) is 12.8 Å². The summed E-state index contributed by atoms with van der Waals surface area (Å²) in [5.41, 5.74) is -0.781. The molecule has 18 heavy (non-hydrogen) atoms. The van der Waals surface area contributed by atoms with Crippen molar-refractivity contribution in [2.75, 3.05) is 6.61 Å². The molecule has 9 heteroatoms. The number of halogens is 1. The zero-order valence-corrected chi connectivity index (χ0v) is 9.80. The lowest BCUT2D eigenvalue weighted by Gasteiger charge is -2.17. The summed E-state index contributed by atoms with van der Waals surface area (Å²) in [6, 6.07) is 0. The molecule has 1 saturated heterocycles. The number of nitrogens with one attached hydrogen (secondary N) is 1. The molecule has 1 aliphatic heterocycles. The Kier molecular flexibility index (Phi) is 3.59. The van der Waals surface area contributed by atoms with E-state index < -0.39 is 42.7 Å². The quantitative estimate of drug-likeness (QED) is 0.499. The van der Waals surface area contributed by atoms with Crippen LogP contribution < -0.4 is 5.69 Å². The number of hydrogen-bond acceptors (Lipinski definition) is 6. The standard InChI is InChI=1S/C9H11FN2O5S/c10-3-1-12(9(16)11-7(3)18)8-6(15)5(14)4(2-13)17-8/h1,4-6,8,13-15H,2H2,(H,11,16,18)/t4-,5?,6?,8-/m0/s1. The number of hydrogen-bond donors (Lipinski definition) is 4. The van der Waals surface area contributed by atoms with Gasteiger partial charge in [-0.15, -0.1) is 0 Å². The molecule has 0 aliphatic carbocycles. The van der Waals surface area contributed by atoms with Crippen molar-refractivity contribution in [1.29, 1.82) is 0 Å². The van der Waals surface area contributed by atoms with Crippen molar-refractivity contribution in [2.45, 2.75) is 24.5 Å². The normalized spacial score (nSPS) is 31.8. The smallest absolute Gasteiger partial charge is 0.328 e. The molecule has 0 saturated carbocycles. The van der Waals surface area contributed by atoms with Gasteiger partial charge in [-0.1, -0.05) is 12.2 Å². The number of aliphatic hydroxyl groups excluding tert-OH is 3. The van der Waals surface area contributed by atoms with Crippen LogP contribution in [0.3, 0.4) is 0 Å². The Morgan fingerprint density at radius 1 is 1.50 bits per heavy atom. The average molecular weight is 278 g/mol. The second-order valence-corrected chi connectivity index (χ2v) is 4.28. The molecule has 0 radical (unpaired) electrons. The Labute approximate surface area is 105 Å². The SMILES string of the molecule is O=c1[nH]c(=S)c(F)cn1[C@H]1O[C@@H](CO)C(O)C1O. The number of nitrogens with zero attached hydrogens (tertiary/aromatic N) is 1. The van der Waals surface area contributed by atoms with E-state index in [4.69, 9.17) is 9.84 Å². The first-order valence-corrected chi connectivity index (χ1v) is 5.50. The van der Waals surface area contributed by atoms with Crippen molar-refractivity contribution in [3.63, 3.8) is 0 Å². The molecule has 7 nitrogen and oxygen atoms in total. The van der Waals surface area contributed by atoms with Crippen molar-refractivity contribution < 1.29 is 24.4 Å². The molecular formula is C9H11FN2O5S. The summed E-state index contributed by atoms with van der Waals surface area (Å²) in [5, 5.41) is 28.1. The number of aliphatic hydroxyl groups is 3. The predicted octanol–water partition coefficient (Wildman–Crippen LogP) is -1.34. The van der Waals surface area contributed by atoms with Crippen molar-refractivity contribution in [3.05, 3.63) is 27.1 Å². The van der Waals surface area contributed by atoms with Gasteiger partial charge < -0.3 is 20.1 Å². The van der Waals surface area contributed by atoms with Crippen LogP contribution >= 0.6 is 12.2 Å². The van der Waals surface area contributed by atoms with E-state index in [-0.39, 0.29) is 4.64 Å². The van der Waals surface area contributed by atoms with Gasteiger partial charge in [0.2, 0.25) is 0 Å². The van der Waals surface area contributed by atoms with Crippen LogP contribution in [0.25, 0.3) is 0 Å². The zero-order valence-electron chi connectivity index (χ0n) is 8.99. The topological polar surface area (TPSA) is 108 Å². The van der Waals surface area contributed by atoms with E-state index in [0.29, 0.717) is 0 Å². The fraction of sp³-hybridized carbons (Fsp3) is 0.556. The Morgan fingerprint density at radius 2 is 2.17 bits per heavy atom. The van der Waals surface area contributed by atoms with Gasteiger partial charge in [0.15, 0.2) is 12.0 Å². The Hall–Kier alpha value is -1.13. The van der Waals surface area contributed by atoms with Gasteiger partial charge in [-0.05, 0) is 0 Å². The van der Waals surface area contributed by atoms with Crippen LogP contribution in [-0.4, -0.2) is 49.8 Å². The van der Waals surface area contributed by atoms with Crippen molar-refractivity contribution in [3.8, 4) is 0 Å². The second kappa shape index (κ2) is 4.86. The molecule has 1 fully saturated rings. The van der Waals surface area contributed by atoms with E-state index in [2.05, 4.69) is 17.2 Å². The molecule has 100 valence electrons. The van der Waals surface area contributed by atoms with Gasteiger partial charge in [0, 0.05) is 0 Å². The van der Waals surface area contributed by atoms with Crippen LogP contribution in [0.15, 0.2) is 11.0 Å². The molecule has 0 bridgehead atoms. The van der Waals surface area contributed by atoms with Crippen molar-refractivity contribution in [1.82, 2.24) is 9.55 Å². The highest BCUT2D eigenvalue weighted by molar-refractivity contribution is 7.71. The van der Waals surface area contributed by atoms with Gasteiger partial charge >= 0.3 is 5.69 Å². The molecule has 4 atom stereocenters. The fourth-order valence-corrected chi connectivity index (χ4v) is 1.90. The molecular weight excluding hydrogens is 267 g/mol. The Balaban J connectivity index is 2.42. The summed E-state index contributed by atoms with van der Waals surface area (Å²) < 4.78 is 18.7. The molecule has 0 amide bonds. The van der Waals surface area contributed by atoms with Gasteiger partial charge in [-0.2, -0.15) is 0 Å². The minimum absolute atomic E-state index is 0.358. The molecule has 0 aromatic carbocycles. The Morgan fingerprint density at radius 3 is 2.72 bits per heavy atom. The van der Waals surface area contributed by atoms with E-state index in [1.807, 2.05) is 0 Å². The van der Waals surface area contributed by atoms with E-state index in [0.717, 1.165) is 10.8 Å². The lowest BCUT2D eigenvalue weighted by Crippen LogP contribution is -2.36.